The number of nitrogens with zero attached hydrogens (tertiary/aromatic N) is 2. The fourth-order valence-corrected chi connectivity index (χ4v) is 2.19. The fraction of sp³-hybridized carbons (Fsp3) is 0.286. The summed E-state index contributed by atoms with van der Waals surface area (Å²) in [5.74, 6) is 0. The zero-order chi connectivity index (χ0) is 13.8. The van der Waals surface area contributed by atoms with Crippen molar-refractivity contribution in [1.82, 2.24) is 4.57 Å². The lowest BCUT2D eigenvalue weighted by Crippen LogP contribution is -2.13. The van der Waals surface area contributed by atoms with Crippen molar-refractivity contribution in [2.45, 2.75) is 25.9 Å². The summed E-state index contributed by atoms with van der Waals surface area (Å²) in [7, 11) is 0. The average molecular weight is 259 g/mol. The van der Waals surface area contributed by atoms with Crippen molar-refractivity contribution in [2.75, 3.05) is 0 Å². The van der Waals surface area contributed by atoms with Gasteiger partial charge in [0.05, 0.1) is 4.92 Å². The second-order valence-corrected chi connectivity index (χ2v) is 4.55. The van der Waals surface area contributed by atoms with Crippen molar-refractivity contribution >= 4 is 5.69 Å². The highest BCUT2D eigenvalue weighted by Crippen LogP contribution is 2.19. The van der Waals surface area contributed by atoms with Crippen LogP contribution in [0.1, 0.15) is 24.2 Å². The molecule has 2 aromatic rings. The Morgan fingerprint density at radius 3 is 2.74 bits per heavy atom. The van der Waals surface area contributed by atoms with Gasteiger partial charge in [0.15, 0.2) is 0 Å². The molecule has 0 aliphatic carbocycles. The summed E-state index contributed by atoms with van der Waals surface area (Å²) in [5.41, 5.74) is 7.84. The number of rotatable bonds is 5. The van der Waals surface area contributed by atoms with Crippen LogP contribution in [-0.4, -0.2) is 9.49 Å². The summed E-state index contributed by atoms with van der Waals surface area (Å²) in [5, 5.41) is 10.9. The zero-order valence-electron chi connectivity index (χ0n) is 10.8. The van der Waals surface area contributed by atoms with E-state index < -0.39 is 0 Å². The molecular formula is C14H17N3O2. The van der Waals surface area contributed by atoms with Crippen LogP contribution in [0.3, 0.4) is 0 Å². The highest BCUT2D eigenvalue weighted by atomic mass is 16.6. The predicted molar refractivity (Wildman–Crippen MR) is 73.8 cm³/mol. The summed E-state index contributed by atoms with van der Waals surface area (Å²) in [6, 6.07) is 10.7. The minimum absolute atomic E-state index is 0.0410. The van der Waals surface area contributed by atoms with Crippen LogP contribution in [0.2, 0.25) is 0 Å². The van der Waals surface area contributed by atoms with E-state index >= 15 is 0 Å². The molecule has 1 aromatic carbocycles. The normalized spacial score (nSPS) is 12.3. The number of aryl methyl sites for hydroxylation is 2. The number of nitrogens with two attached hydrogens (primary N) is 1. The van der Waals surface area contributed by atoms with Crippen molar-refractivity contribution in [3.63, 3.8) is 0 Å². The molecule has 0 fully saturated rings. The van der Waals surface area contributed by atoms with Gasteiger partial charge in [0.2, 0.25) is 0 Å². The minimum Gasteiger partial charge on any atom is -0.350 e. The Labute approximate surface area is 111 Å². The third kappa shape index (κ3) is 3.00. The SMILES string of the molecule is CC(N)c1cccn1CCc1ccccc1[N+](=O)[O-]. The van der Waals surface area contributed by atoms with Gasteiger partial charge >= 0.3 is 0 Å². The van der Waals surface area contributed by atoms with E-state index in [-0.39, 0.29) is 16.7 Å². The summed E-state index contributed by atoms with van der Waals surface area (Å²) in [4.78, 5) is 10.6. The Balaban J connectivity index is 2.15. The van der Waals surface area contributed by atoms with Crippen molar-refractivity contribution in [2.24, 2.45) is 5.73 Å². The van der Waals surface area contributed by atoms with Crippen molar-refractivity contribution in [3.05, 3.63) is 64.0 Å². The van der Waals surface area contributed by atoms with E-state index in [0.29, 0.717) is 13.0 Å². The third-order valence-electron chi connectivity index (χ3n) is 3.14. The minimum atomic E-state index is -0.336. The Kier molecular flexibility index (Phi) is 3.97. The quantitative estimate of drug-likeness (QED) is 0.662. The van der Waals surface area contributed by atoms with Crippen molar-refractivity contribution < 1.29 is 4.92 Å². The molecule has 1 unspecified atom stereocenters. The molecule has 1 aromatic heterocycles. The number of para-hydroxylation sites is 1. The van der Waals surface area contributed by atoms with Crippen LogP contribution in [0, 0.1) is 10.1 Å². The first-order chi connectivity index (χ1) is 9.09. The Hall–Kier alpha value is -2.14. The maximum Gasteiger partial charge on any atom is 0.272 e. The number of hydrogen-bond donors (Lipinski definition) is 1. The molecule has 0 aliphatic heterocycles. The standard InChI is InChI=1S/C14H17N3O2/c1-11(15)13-7-4-9-16(13)10-8-12-5-2-3-6-14(12)17(18)19/h2-7,9,11H,8,10,15H2,1H3. The van der Waals surface area contributed by atoms with Gasteiger partial charge in [0.25, 0.3) is 5.69 Å². The lowest BCUT2D eigenvalue weighted by Gasteiger charge is -2.12. The molecule has 0 amide bonds. The summed E-state index contributed by atoms with van der Waals surface area (Å²) < 4.78 is 2.04. The molecule has 0 saturated heterocycles. The summed E-state index contributed by atoms with van der Waals surface area (Å²) >= 11 is 0. The van der Waals surface area contributed by atoms with E-state index in [1.54, 1.807) is 12.1 Å². The molecule has 5 nitrogen and oxygen atoms in total. The van der Waals surface area contributed by atoms with E-state index in [0.717, 1.165) is 11.3 Å². The van der Waals surface area contributed by atoms with E-state index in [9.17, 15) is 10.1 Å². The van der Waals surface area contributed by atoms with Crippen LogP contribution in [0.4, 0.5) is 5.69 Å². The van der Waals surface area contributed by atoms with Gasteiger partial charge < -0.3 is 10.3 Å². The van der Waals surface area contributed by atoms with E-state index in [4.69, 9.17) is 5.73 Å². The smallest absolute Gasteiger partial charge is 0.272 e. The molecule has 19 heavy (non-hydrogen) atoms. The van der Waals surface area contributed by atoms with Gasteiger partial charge in [0, 0.05) is 36.1 Å². The molecule has 0 spiro atoms. The van der Waals surface area contributed by atoms with Crippen LogP contribution < -0.4 is 5.73 Å². The monoisotopic (exact) mass is 259 g/mol. The third-order valence-corrected chi connectivity index (χ3v) is 3.14. The van der Waals surface area contributed by atoms with Gasteiger partial charge in [-0.25, -0.2) is 0 Å². The van der Waals surface area contributed by atoms with Gasteiger partial charge in [-0.2, -0.15) is 0 Å². The second kappa shape index (κ2) is 5.67. The summed E-state index contributed by atoms with van der Waals surface area (Å²) in [6.45, 7) is 2.62. The number of benzene rings is 1. The highest BCUT2D eigenvalue weighted by molar-refractivity contribution is 5.39. The van der Waals surface area contributed by atoms with Crippen molar-refractivity contribution in [1.29, 1.82) is 0 Å². The molecule has 100 valence electrons. The lowest BCUT2D eigenvalue weighted by atomic mass is 10.1. The first-order valence-corrected chi connectivity index (χ1v) is 6.22. The highest BCUT2D eigenvalue weighted by Gasteiger charge is 2.12. The molecule has 0 radical (unpaired) electrons. The van der Waals surface area contributed by atoms with E-state index in [1.165, 1.54) is 6.07 Å². The molecule has 2 rings (SSSR count). The zero-order valence-corrected chi connectivity index (χ0v) is 10.8. The molecular weight excluding hydrogens is 242 g/mol. The van der Waals surface area contributed by atoms with Crippen LogP contribution in [-0.2, 0) is 13.0 Å². The van der Waals surface area contributed by atoms with Crippen LogP contribution in [0.25, 0.3) is 0 Å². The van der Waals surface area contributed by atoms with Crippen LogP contribution in [0.5, 0.6) is 0 Å². The van der Waals surface area contributed by atoms with E-state index in [1.807, 2.05) is 35.9 Å². The molecule has 0 saturated carbocycles. The van der Waals surface area contributed by atoms with Crippen molar-refractivity contribution in [3.8, 4) is 0 Å². The molecule has 0 bridgehead atoms. The maximum atomic E-state index is 10.9. The molecule has 1 atom stereocenters. The van der Waals surface area contributed by atoms with E-state index in [2.05, 4.69) is 0 Å². The van der Waals surface area contributed by atoms with Crippen LogP contribution >= 0.6 is 0 Å². The lowest BCUT2D eigenvalue weighted by molar-refractivity contribution is -0.385. The Morgan fingerprint density at radius 1 is 1.32 bits per heavy atom. The first kappa shape index (κ1) is 13.3. The number of hydrogen-bond acceptors (Lipinski definition) is 3. The first-order valence-electron chi connectivity index (χ1n) is 6.22. The predicted octanol–water partition coefficient (Wildman–Crippen LogP) is 2.66. The second-order valence-electron chi connectivity index (χ2n) is 4.55. The number of nitro groups is 1. The number of nitro benzene ring substituents is 1. The molecule has 0 aliphatic rings. The Morgan fingerprint density at radius 2 is 2.05 bits per heavy atom. The average Bonchev–Trinajstić information content (AvgIpc) is 2.85. The molecule has 1 heterocycles. The molecule has 2 N–H and O–H groups in total. The number of aromatic nitrogens is 1. The van der Waals surface area contributed by atoms with Crippen LogP contribution in [0.15, 0.2) is 42.6 Å². The fourth-order valence-electron chi connectivity index (χ4n) is 2.19. The van der Waals surface area contributed by atoms with Gasteiger partial charge in [-0.1, -0.05) is 18.2 Å². The Bertz CT molecular complexity index is 576. The van der Waals surface area contributed by atoms with Gasteiger partial charge in [0.1, 0.15) is 0 Å². The molecule has 5 heteroatoms. The largest absolute Gasteiger partial charge is 0.350 e. The van der Waals surface area contributed by atoms with Gasteiger partial charge in [-0.15, -0.1) is 0 Å². The van der Waals surface area contributed by atoms with Gasteiger partial charge in [-0.05, 0) is 25.5 Å². The topological polar surface area (TPSA) is 74.1 Å². The summed E-state index contributed by atoms with van der Waals surface area (Å²) in [6.07, 6.45) is 2.57. The van der Waals surface area contributed by atoms with Gasteiger partial charge in [-0.3, -0.25) is 10.1 Å². The maximum absolute atomic E-state index is 10.9.